The quantitative estimate of drug-likeness (QED) is 0.223. The molecule has 4 aromatic carbocycles. The minimum Gasteiger partial charge on any atom is -0.354 e. The topological polar surface area (TPSA) is 49.4 Å². The monoisotopic (exact) mass is 556 g/mol. The van der Waals surface area contributed by atoms with E-state index in [0.717, 1.165) is 27.6 Å². The summed E-state index contributed by atoms with van der Waals surface area (Å²) in [4.78, 5) is 29.1. The van der Waals surface area contributed by atoms with Crippen LogP contribution in [-0.2, 0) is 29.0 Å². The maximum Gasteiger partial charge on any atom is 0.243 e. The van der Waals surface area contributed by atoms with Crippen molar-refractivity contribution < 1.29 is 9.59 Å². The summed E-state index contributed by atoms with van der Waals surface area (Å²) in [5.74, 6) is -0.134. The number of aryl methyl sites for hydroxylation is 1. The number of fused-ring (bicyclic) bond motifs is 1. The molecular formula is C32H33BrN2O2. The van der Waals surface area contributed by atoms with E-state index in [1.54, 1.807) is 4.90 Å². The van der Waals surface area contributed by atoms with Crippen molar-refractivity contribution in [2.45, 2.75) is 45.2 Å². The van der Waals surface area contributed by atoms with Crippen molar-refractivity contribution in [2.75, 3.05) is 6.54 Å². The summed E-state index contributed by atoms with van der Waals surface area (Å²) >= 11 is 3.49. The van der Waals surface area contributed by atoms with Crippen molar-refractivity contribution in [3.63, 3.8) is 0 Å². The van der Waals surface area contributed by atoms with Crippen LogP contribution in [0.5, 0.6) is 0 Å². The molecule has 1 atom stereocenters. The number of carbonyl (C=O) groups excluding carboxylic acids is 2. The van der Waals surface area contributed by atoms with E-state index in [2.05, 4.69) is 45.5 Å². The number of carbonyl (C=O) groups is 2. The molecule has 190 valence electrons. The Morgan fingerprint density at radius 1 is 0.838 bits per heavy atom. The molecule has 0 aliphatic rings. The fourth-order valence-electron chi connectivity index (χ4n) is 4.60. The molecule has 0 fully saturated rings. The highest BCUT2D eigenvalue weighted by atomic mass is 79.9. The molecule has 0 saturated heterocycles. The van der Waals surface area contributed by atoms with Crippen LogP contribution in [0.25, 0.3) is 10.8 Å². The predicted molar refractivity (Wildman–Crippen MR) is 154 cm³/mol. The maximum absolute atomic E-state index is 13.9. The van der Waals surface area contributed by atoms with Crippen LogP contribution in [0, 0.1) is 0 Å². The molecular weight excluding hydrogens is 524 g/mol. The van der Waals surface area contributed by atoms with E-state index in [9.17, 15) is 9.59 Å². The van der Waals surface area contributed by atoms with E-state index in [-0.39, 0.29) is 11.8 Å². The van der Waals surface area contributed by atoms with E-state index in [1.165, 1.54) is 10.8 Å². The molecule has 0 aromatic heterocycles. The third kappa shape index (κ3) is 7.30. The van der Waals surface area contributed by atoms with Gasteiger partial charge in [0.05, 0.1) is 0 Å². The number of amides is 2. The summed E-state index contributed by atoms with van der Waals surface area (Å²) in [6, 6.07) is 31.7. The summed E-state index contributed by atoms with van der Waals surface area (Å²) in [6.07, 6.45) is 2.25. The van der Waals surface area contributed by atoms with Gasteiger partial charge in [-0.05, 0) is 52.4 Å². The lowest BCUT2D eigenvalue weighted by atomic mass is 9.99. The predicted octanol–water partition coefficient (Wildman–Crippen LogP) is 6.70. The Hall–Kier alpha value is -3.44. The molecule has 37 heavy (non-hydrogen) atoms. The number of hydrogen-bond acceptors (Lipinski definition) is 2. The second-order valence-electron chi connectivity index (χ2n) is 9.28. The van der Waals surface area contributed by atoms with Crippen LogP contribution in [0.2, 0.25) is 0 Å². The zero-order valence-electron chi connectivity index (χ0n) is 21.2. The summed E-state index contributed by atoms with van der Waals surface area (Å²) in [6.45, 7) is 2.99. The third-order valence-corrected chi connectivity index (χ3v) is 7.10. The number of rotatable bonds is 11. The Balaban J connectivity index is 1.62. The molecule has 0 heterocycles. The number of nitrogens with one attached hydrogen (secondary N) is 1. The molecule has 2 amide bonds. The van der Waals surface area contributed by atoms with Crippen LogP contribution in [0.1, 0.15) is 36.5 Å². The van der Waals surface area contributed by atoms with Crippen LogP contribution >= 0.6 is 15.9 Å². The van der Waals surface area contributed by atoms with E-state index in [4.69, 9.17) is 0 Å². The zero-order valence-corrected chi connectivity index (χ0v) is 22.8. The van der Waals surface area contributed by atoms with Gasteiger partial charge in [0.25, 0.3) is 0 Å². The van der Waals surface area contributed by atoms with Crippen molar-refractivity contribution >= 4 is 38.5 Å². The van der Waals surface area contributed by atoms with Crippen LogP contribution in [0.15, 0.2) is 102 Å². The van der Waals surface area contributed by atoms with Gasteiger partial charge >= 0.3 is 0 Å². The third-order valence-electron chi connectivity index (χ3n) is 6.57. The van der Waals surface area contributed by atoms with Gasteiger partial charge in [0, 0.05) is 30.4 Å². The highest BCUT2D eigenvalue weighted by molar-refractivity contribution is 9.10. The van der Waals surface area contributed by atoms with Crippen molar-refractivity contribution in [2.24, 2.45) is 0 Å². The van der Waals surface area contributed by atoms with Gasteiger partial charge in [0.15, 0.2) is 0 Å². The summed E-state index contributed by atoms with van der Waals surface area (Å²) in [7, 11) is 0. The van der Waals surface area contributed by atoms with E-state index in [0.29, 0.717) is 32.4 Å². The summed E-state index contributed by atoms with van der Waals surface area (Å²) in [5.41, 5.74) is 3.16. The number of halogens is 1. The van der Waals surface area contributed by atoms with Crippen LogP contribution < -0.4 is 5.32 Å². The van der Waals surface area contributed by atoms with Gasteiger partial charge in [-0.2, -0.15) is 0 Å². The van der Waals surface area contributed by atoms with Crippen molar-refractivity contribution in [1.82, 2.24) is 10.2 Å². The van der Waals surface area contributed by atoms with E-state index >= 15 is 0 Å². The Bertz CT molecular complexity index is 1320. The number of benzene rings is 4. The van der Waals surface area contributed by atoms with Crippen molar-refractivity contribution in [3.8, 4) is 0 Å². The van der Waals surface area contributed by atoms with Crippen LogP contribution in [-0.4, -0.2) is 29.3 Å². The smallest absolute Gasteiger partial charge is 0.243 e. The normalized spacial score (nSPS) is 11.7. The molecule has 0 saturated carbocycles. The fourth-order valence-corrected chi connectivity index (χ4v) is 4.87. The minimum atomic E-state index is -0.599. The first kappa shape index (κ1) is 26.6. The lowest BCUT2D eigenvalue weighted by molar-refractivity contribution is -0.141. The molecule has 0 bridgehead atoms. The molecule has 0 radical (unpaired) electrons. The molecule has 4 nitrogen and oxygen atoms in total. The van der Waals surface area contributed by atoms with Crippen LogP contribution in [0.4, 0.5) is 0 Å². The van der Waals surface area contributed by atoms with Gasteiger partial charge in [-0.1, -0.05) is 108 Å². The molecule has 0 aliphatic heterocycles. The van der Waals surface area contributed by atoms with Gasteiger partial charge < -0.3 is 10.2 Å². The van der Waals surface area contributed by atoms with Gasteiger partial charge in [-0.25, -0.2) is 0 Å². The Morgan fingerprint density at radius 2 is 1.54 bits per heavy atom. The Labute approximate surface area is 227 Å². The zero-order chi connectivity index (χ0) is 26.0. The molecule has 5 heteroatoms. The van der Waals surface area contributed by atoms with E-state index < -0.39 is 6.04 Å². The maximum atomic E-state index is 13.9. The average molecular weight is 558 g/mol. The second kappa shape index (κ2) is 13.2. The SMILES string of the molecule is CCCNC(=O)[C@H](Cc1ccccc1)N(Cc1ccc(Br)cc1)C(=O)CCc1cccc2ccccc12. The summed E-state index contributed by atoms with van der Waals surface area (Å²) in [5, 5.41) is 5.37. The highest BCUT2D eigenvalue weighted by Crippen LogP contribution is 2.22. The largest absolute Gasteiger partial charge is 0.354 e. The standard InChI is InChI=1S/C32H33BrN2O2/c1-2-21-34-32(37)30(22-24-9-4-3-5-10-24)35(23-25-15-18-28(33)19-16-25)31(36)20-17-27-13-8-12-26-11-6-7-14-29(26)27/h3-16,18-19,30H,2,17,20-23H2,1H3,(H,34,37)/t30-/m0/s1. The first-order valence-corrected chi connectivity index (χ1v) is 13.7. The van der Waals surface area contributed by atoms with Gasteiger partial charge in [0.1, 0.15) is 6.04 Å². The number of hydrogen-bond donors (Lipinski definition) is 1. The molecule has 0 spiro atoms. The van der Waals surface area contributed by atoms with Gasteiger partial charge in [-0.3, -0.25) is 9.59 Å². The number of nitrogens with zero attached hydrogens (tertiary/aromatic N) is 1. The van der Waals surface area contributed by atoms with Gasteiger partial charge in [-0.15, -0.1) is 0 Å². The fraction of sp³-hybridized carbons (Fsp3) is 0.250. The summed E-state index contributed by atoms with van der Waals surface area (Å²) < 4.78 is 0.978. The van der Waals surface area contributed by atoms with E-state index in [1.807, 2.05) is 79.7 Å². The molecule has 0 aliphatic carbocycles. The Kier molecular flexibility index (Phi) is 9.50. The van der Waals surface area contributed by atoms with Gasteiger partial charge in [0.2, 0.25) is 11.8 Å². The van der Waals surface area contributed by atoms with Crippen LogP contribution in [0.3, 0.4) is 0 Å². The Morgan fingerprint density at radius 3 is 2.30 bits per heavy atom. The van der Waals surface area contributed by atoms with Crippen molar-refractivity contribution in [1.29, 1.82) is 0 Å². The lowest BCUT2D eigenvalue weighted by Gasteiger charge is -2.32. The minimum absolute atomic E-state index is 0.0246. The average Bonchev–Trinajstić information content (AvgIpc) is 2.93. The molecule has 1 N–H and O–H groups in total. The first-order chi connectivity index (χ1) is 18.0. The molecule has 0 unspecified atom stereocenters. The lowest BCUT2D eigenvalue weighted by Crippen LogP contribution is -2.50. The van der Waals surface area contributed by atoms with Crippen molar-refractivity contribution in [3.05, 3.63) is 118 Å². The first-order valence-electron chi connectivity index (χ1n) is 12.9. The molecule has 4 rings (SSSR count). The highest BCUT2D eigenvalue weighted by Gasteiger charge is 2.30. The second-order valence-corrected chi connectivity index (χ2v) is 10.2. The molecule has 4 aromatic rings.